The number of nitrogens with zero attached hydrogens (tertiary/aromatic N) is 4. The van der Waals surface area contributed by atoms with E-state index in [4.69, 9.17) is 0 Å². The van der Waals surface area contributed by atoms with Crippen LogP contribution >= 0.6 is 15.9 Å². The second-order valence-electron chi connectivity index (χ2n) is 4.57. The van der Waals surface area contributed by atoms with Crippen molar-refractivity contribution in [3.8, 4) is 0 Å². The minimum Gasteiger partial charge on any atom is -0.320 e. The van der Waals surface area contributed by atoms with E-state index in [1.165, 1.54) is 5.56 Å². The average molecular weight is 332 g/mol. The molecule has 0 saturated heterocycles. The molecule has 0 aliphatic heterocycles. The molecule has 2 heterocycles. The van der Waals surface area contributed by atoms with E-state index in [-0.39, 0.29) is 0 Å². The summed E-state index contributed by atoms with van der Waals surface area (Å²) in [5, 5.41) is 12.4. The zero-order chi connectivity index (χ0) is 13.9. The lowest BCUT2D eigenvalue weighted by molar-refractivity contribution is 0.638. The van der Waals surface area contributed by atoms with E-state index in [2.05, 4.69) is 54.6 Å². The van der Waals surface area contributed by atoms with Gasteiger partial charge in [0.15, 0.2) is 0 Å². The van der Waals surface area contributed by atoms with Crippen molar-refractivity contribution in [2.45, 2.75) is 13.1 Å². The standard InChI is InChI=1S/C14H14BrN5/c1-20-9-18-19-13(20)8-16-7-10-4-5-12(15)11-3-2-6-17-14(10)11/h2-6,9,16H,7-8H2,1H3. The van der Waals surface area contributed by atoms with Crippen molar-refractivity contribution in [1.82, 2.24) is 25.1 Å². The van der Waals surface area contributed by atoms with Crippen LogP contribution in [0.15, 0.2) is 41.3 Å². The van der Waals surface area contributed by atoms with Gasteiger partial charge < -0.3 is 9.88 Å². The molecule has 0 amide bonds. The smallest absolute Gasteiger partial charge is 0.146 e. The fourth-order valence-electron chi connectivity index (χ4n) is 2.12. The number of benzene rings is 1. The summed E-state index contributed by atoms with van der Waals surface area (Å²) in [6, 6.07) is 8.16. The minimum absolute atomic E-state index is 0.681. The summed E-state index contributed by atoms with van der Waals surface area (Å²) in [4.78, 5) is 4.47. The Morgan fingerprint density at radius 1 is 1.25 bits per heavy atom. The maximum atomic E-state index is 4.47. The fraction of sp³-hybridized carbons (Fsp3) is 0.214. The van der Waals surface area contributed by atoms with E-state index in [9.17, 15) is 0 Å². The zero-order valence-electron chi connectivity index (χ0n) is 11.0. The van der Waals surface area contributed by atoms with Crippen LogP contribution in [0.4, 0.5) is 0 Å². The highest BCUT2D eigenvalue weighted by Gasteiger charge is 2.06. The summed E-state index contributed by atoms with van der Waals surface area (Å²) in [6.45, 7) is 1.43. The fourth-order valence-corrected chi connectivity index (χ4v) is 2.57. The Kier molecular flexibility index (Phi) is 3.75. The van der Waals surface area contributed by atoms with Crippen molar-refractivity contribution < 1.29 is 0 Å². The number of hydrogen-bond acceptors (Lipinski definition) is 4. The Bertz CT molecular complexity index is 737. The molecule has 0 atom stereocenters. The lowest BCUT2D eigenvalue weighted by atomic mass is 10.1. The summed E-state index contributed by atoms with van der Waals surface area (Å²) in [6.07, 6.45) is 3.52. The summed E-state index contributed by atoms with van der Waals surface area (Å²) in [5.74, 6) is 0.916. The van der Waals surface area contributed by atoms with Crippen LogP contribution in [0.5, 0.6) is 0 Å². The Hall–Kier alpha value is -1.79. The molecule has 6 heteroatoms. The molecule has 20 heavy (non-hydrogen) atoms. The number of rotatable bonds is 4. The van der Waals surface area contributed by atoms with E-state index >= 15 is 0 Å². The van der Waals surface area contributed by atoms with Gasteiger partial charge in [-0.2, -0.15) is 0 Å². The Morgan fingerprint density at radius 2 is 2.15 bits per heavy atom. The predicted octanol–water partition coefficient (Wildman–Crippen LogP) is 2.42. The van der Waals surface area contributed by atoms with Gasteiger partial charge in [-0.3, -0.25) is 4.98 Å². The van der Waals surface area contributed by atoms with Crippen LogP contribution in [0.25, 0.3) is 10.9 Å². The molecule has 0 aliphatic rings. The van der Waals surface area contributed by atoms with Crippen LogP contribution in [0, 0.1) is 0 Å². The number of aryl methyl sites for hydroxylation is 1. The zero-order valence-corrected chi connectivity index (χ0v) is 12.6. The summed E-state index contributed by atoms with van der Waals surface area (Å²) in [5.41, 5.74) is 2.19. The van der Waals surface area contributed by atoms with Gasteiger partial charge in [0.05, 0.1) is 12.1 Å². The molecule has 0 spiro atoms. The van der Waals surface area contributed by atoms with Crippen molar-refractivity contribution in [2.75, 3.05) is 0 Å². The SMILES string of the molecule is Cn1cnnc1CNCc1ccc(Br)c2cccnc12. The van der Waals surface area contributed by atoms with E-state index in [1.807, 2.05) is 23.9 Å². The van der Waals surface area contributed by atoms with Gasteiger partial charge in [-0.25, -0.2) is 0 Å². The van der Waals surface area contributed by atoms with Crippen molar-refractivity contribution in [2.24, 2.45) is 7.05 Å². The highest BCUT2D eigenvalue weighted by Crippen LogP contribution is 2.25. The molecule has 0 fully saturated rings. The van der Waals surface area contributed by atoms with Crippen LogP contribution in [0.2, 0.25) is 0 Å². The summed E-state index contributed by atoms with van der Waals surface area (Å²) < 4.78 is 2.97. The molecule has 3 rings (SSSR count). The van der Waals surface area contributed by atoms with Crippen LogP contribution in [-0.2, 0) is 20.1 Å². The monoisotopic (exact) mass is 331 g/mol. The largest absolute Gasteiger partial charge is 0.320 e. The Morgan fingerprint density at radius 3 is 2.95 bits per heavy atom. The molecule has 1 aromatic carbocycles. The van der Waals surface area contributed by atoms with Crippen molar-refractivity contribution >= 4 is 26.8 Å². The summed E-state index contributed by atoms with van der Waals surface area (Å²) >= 11 is 3.56. The lowest BCUT2D eigenvalue weighted by Crippen LogP contribution is -2.16. The van der Waals surface area contributed by atoms with Gasteiger partial charge in [0.2, 0.25) is 0 Å². The average Bonchev–Trinajstić information content (AvgIpc) is 2.87. The third-order valence-corrected chi connectivity index (χ3v) is 3.90. The topological polar surface area (TPSA) is 55.6 Å². The number of halogens is 1. The van der Waals surface area contributed by atoms with Crippen LogP contribution in [-0.4, -0.2) is 19.7 Å². The van der Waals surface area contributed by atoms with Crippen LogP contribution in [0.3, 0.4) is 0 Å². The highest BCUT2D eigenvalue weighted by atomic mass is 79.9. The molecule has 0 bridgehead atoms. The number of aromatic nitrogens is 4. The van der Waals surface area contributed by atoms with E-state index in [1.54, 1.807) is 6.33 Å². The number of nitrogens with one attached hydrogen (secondary N) is 1. The first kappa shape index (κ1) is 13.2. The maximum Gasteiger partial charge on any atom is 0.146 e. The molecule has 0 radical (unpaired) electrons. The van der Waals surface area contributed by atoms with Crippen molar-refractivity contribution in [3.05, 3.63) is 52.7 Å². The summed E-state index contributed by atoms with van der Waals surface area (Å²) in [7, 11) is 1.94. The van der Waals surface area contributed by atoms with Gasteiger partial charge in [-0.15, -0.1) is 10.2 Å². The minimum atomic E-state index is 0.681. The molecule has 2 aromatic heterocycles. The van der Waals surface area contributed by atoms with Gasteiger partial charge in [-0.1, -0.05) is 28.1 Å². The Labute approximate surface area is 125 Å². The molecule has 5 nitrogen and oxygen atoms in total. The second kappa shape index (κ2) is 5.68. The highest BCUT2D eigenvalue weighted by molar-refractivity contribution is 9.10. The molecule has 0 saturated carbocycles. The predicted molar refractivity (Wildman–Crippen MR) is 81.0 cm³/mol. The number of pyridine rings is 1. The van der Waals surface area contributed by atoms with E-state index < -0.39 is 0 Å². The lowest BCUT2D eigenvalue weighted by Gasteiger charge is -2.08. The third kappa shape index (κ3) is 2.57. The maximum absolute atomic E-state index is 4.47. The Balaban J connectivity index is 1.78. The normalized spacial score (nSPS) is 11.1. The quantitative estimate of drug-likeness (QED) is 0.797. The molecule has 102 valence electrons. The van der Waals surface area contributed by atoms with E-state index in [0.717, 1.165) is 27.7 Å². The second-order valence-corrected chi connectivity index (χ2v) is 5.42. The molecular formula is C14H14BrN5. The van der Waals surface area contributed by atoms with Gasteiger partial charge in [0.1, 0.15) is 12.2 Å². The van der Waals surface area contributed by atoms with Crippen LogP contribution in [0.1, 0.15) is 11.4 Å². The molecule has 1 N–H and O–H groups in total. The number of fused-ring (bicyclic) bond motifs is 1. The first-order valence-electron chi connectivity index (χ1n) is 6.31. The van der Waals surface area contributed by atoms with Gasteiger partial charge in [0, 0.05) is 29.6 Å². The molecular weight excluding hydrogens is 318 g/mol. The van der Waals surface area contributed by atoms with Crippen molar-refractivity contribution in [1.29, 1.82) is 0 Å². The van der Waals surface area contributed by atoms with Gasteiger partial charge >= 0.3 is 0 Å². The molecule has 3 aromatic rings. The van der Waals surface area contributed by atoms with Crippen molar-refractivity contribution in [3.63, 3.8) is 0 Å². The van der Waals surface area contributed by atoms with Gasteiger partial charge in [0.25, 0.3) is 0 Å². The number of hydrogen-bond donors (Lipinski definition) is 1. The third-order valence-electron chi connectivity index (χ3n) is 3.20. The van der Waals surface area contributed by atoms with Gasteiger partial charge in [-0.05, 0) is 17.7 Å². The van der Waals surface area contributed by atoms with E-state index in [0.29, 0.717) is 6.54 Å². The molecule has 0 aliphatic carbocycles. The molecule has 0 unspecified atom stereocenters. The first-order chi connectivity index (χ1) is 9.75. The first-order valence-corrected chi connectivity index (χ1v) is 7.10. The van der Waals surface area contributed by atoms with Crippen LogP contribution < -0.4 is 5.32 Å².